The van der Waals surface area contributed by atoms with E-state index in [1.807, 2.05) is 40.7 Å². The van der Waals surface area contributed by atoms with Crippen molar-refractivity contribution in [3.05, 3.63) is 95.1 Å². The maximum Gasteiger partial charge on any atom is 0.233 e. The summed E-state index contributed by atoms with van der Waals surface area (Å²) in [6.07, 6.45) is 1.94. The van der Waals surface area contributed by atoms with Gasteiger partial charge in [0.1, 0.15) is 18.1 Å². The largest absolute Gasteiger partial charge is 0.474 e. The molecule has 0 amide bonds. The third-order valence-corrected chi connectivity index (χ3v) is 5.92. The van der Waals surface area contributed by atoms with Crippen LogP contribution in [0.5, 0.6) is 0 Å². The number of halogens is 1. The van der Waals surface area contributed by atoms with Crippen molar-refractivity contribution in [2.45, 2.75) is 25.3 Å². The van der Waals surface area contributed by atoms with Gasteiger partial charge in [0, 0.05) is 23.3 Å². The predicted octanol–water partition coefficient (Wildman–Crippen LogP) is 5.06. The molecule has 0 N–H and O–H groups in total. The van der Waals surface area contributed by atoms with Crippen LogP contribution in [0.15, 0.2) is 71.9 Å². The number of thioether (sulfide) groups is 1. The fourth-order valence-corrected chi connectivity index (χ4v) is 4.18. The van der Waals surface area contributed by atoms with Crippen LogP contribution in [-0.4, -0.2) is 28.9 Å². The van der Waals surface area contributed by atoms with Gasteiger partial charge in [-0.3, -0.25) is 0 Å². The minimum atomic E-state index is -0.193. The van der Waals surface area contributed by atoms with Gasteiger partial charge in [-0.25, -0.2) is 9.38 Å². The summed E-state index contributed by atoms with van der Waals surface area (Å²) in [6, 6.07) is 19.6. The molecule has 0 bridgehead atoms. The molecular weight excluding hydrogens is 371 g/mol. The molecule has 1 aliphatic heterocycles. The van der Waals surface area contributed by atoms with E-state index in [1.165, 1.54) is 17.2 Å². The van der Waals surface area contributed by atoms with Gasteiger partial charge in [0.05, 0.1) is 12.6 Å². The maximum atomic E-state index is 14.0. The number of rotatable bonds is 7. The summed E-state index contributed by atoms with van der Waals surface area (Å²) in [7, 11) is 0. The van der Waals surface area contributed by atoms with E-state index in [1.54, 1.807) is 12.1 Å². The third-order valence-electron chi connectivity index (χ3n) is 4.76. The smallest absolute Gasteiger partial charge is 0.233 e. The molecule has 28 heavy (non-hydrogen) atoms. The first kappa shape index (κ1) is 18.8. The summed E-state index contributed by atoms with van der Waals surface area (Å²) in [5.74, 6) is 2.36. The topological polar surface area (TPSA) is 26.5 Å². The number of ether oxygens (including phenoxy) is 1. The normalized spacial score (nSPS) is 16.1. The molecule has 3 nitrogen and oxygen atoms in total. The third kappa shape index (κ3) is 4.47. The predicted molar refractivity (Wildman–Crippen MR) is 114 cm³/mol. The molecule has 0 fully saturated rings. The number of hydrogen-bond acceptors (Lipinski definition) is 3. The molecule has 0 saturated carbocycles. The Morgan fingerprint density at radius 3 is 2.75 bits per heavy atom. The molecule has 0 spiro atoms. The van der Waals surface area contributed by atoms with E-state index in [0.717, 1.165) is 17.2 Å². The number of hydrogen-bond donors (Lipinski definition) is 0. The Balaban J connectivity index is 1.37. The zero-order chi connectivity index (χ0) is 19.3. The van der Waals surface area contributed by atoms with Crippen molar-refractivity contribution in [1.29, 1.82) is 0 Å². The van der Waals surface area contributed by atoms with Crippen molar-refractivity contribution in [3.63, 3.8) is 0 Å². The minimum absolute atomic E-state index is 0.155. The van der Waals surface area contributed by atoms with Crippen molar-refractivity contribution in [2.75, 3.05) is 12.4 Å². The summed E-state index contributed by atoms with van der Waals surface area (Å²) in [6.45, 7) is 3.16. The average Bonchev–Trinajstić information content (AvgIpc) is 3.34. The molecule has 2 heterocycles. The SMILES string of the molecule is Cc1ccc(CSCC2COC(c3cccn3Cc3ccccc3F)=N2)cc1. The van der Waals surface area contributed by atoms with Gasteiger partial charge in [0.2, 0.25) is 5.90 Å². The molecule has 0 radical (unpaired) electrons. The van der Waals surface area contributed by atoms with Gasteiger partial charge in [-0.15, -0.1) is 0 Å². The van der Waals surface area contributed by atoms with Gasteiger partial charge in [-0.1, -0.05) is 48.0 Å². The van der Waals surface area contributed by atoms with Gasteiger partial charge in [0.25, 0.3) is 0 Å². The van der Waals surface area contributed by atoms with Gasteiger partial charge in [0.15, 0.2) is 0 Å². The lowest BCUT2D eigenvalue weighted by atomic mass is 10.2. The van der Waals surface area contributed by atoms with Crippen molar-refractivity contribution in [1.82, 2.24) is 4.57 Å². The summed E-state index contributed by atoms with van der Waals surface area (Å²) in [5, 5.41) is 0. The van der Waals surface area contributed by atoms with Crippen LogP contribution in [0, 0.1) is 12.7 Å². The minimum Gasteiger partial charge on any atom is -0.474 e. The molecule has 1 unspecified atom stereocenters. The number of aromatic nitrogens is 1. The van der Waals surface area contributed by atoms with Crippen LogP contribution >= 0.6 is 11.8 Å². The summed E-state index contributed by atoms with van der Waals surface area (Å²) < 4.78 is 21.8. The Morgan fingerprint density at radius 2 is 1.93 bits per heavy atom. The van der Waals surface area contributed by atoms with Crippen molar-refractivity contribution in [2.24, 2.45) is 4.99 Å². The Morgan fingerprint density at radius 1 is 1.11 bits per heavy atom. The highest BCUT2D eigenvalue weighted by atomic mass is 32.2. The summed E-state index contributed by atoms with van der Waals surface area (Å²) in [5.41, 5.74) is 4.17. The average molecular weight is 395 g/mol. The van der Waals surface area contributed by atoms with Crippen LogP contribution < -0.4 is 0 Å². The summed E-state index contributed by atoms with van der Waals surface area (Å²) >= 11 is 1.87. The Kier molecular flexibility index (Phi) is 5.81. The lowest BCUT2D eigenvalue weighted by Crippen LogP contribution is -2.11. The van der Waals surface area contributed by atoms with Crippen LogP contribution in [0.25, 0.3) is 0 Å². The fourth-order valence-electron chi connectivity index (χ4n) is 3.19. The Bertz CT molecular complexity index is 965. The van der Waals surface area contributed by atoms with E-state index < -0.39 is 0 Å². The van der Waals surface area contributed by atoms with Crippen molar-refractivity contribution >= 4 is 17.7 Å². The van der Waals surface area contributed by atoms with Gasteiger partial charge in [-0.05, 0) is 30.7 Å². The van der Waals surface area contributed by atoms with E-state index in [0.29, 0.717) is 24.6 Å². The number of benzene rings is 2. The molecule has 1 aromatic heterocycles. The highest BCUT2D eigenvalue weighted by Gasteiger charge is 2.22. The van der Waals surface area contributed by atoms with Crippen LogP contribution in [0.1, 0.15) is 22.4 Å². The van der Waals surface area contributed by atoms with Crippen LogP contribution in [0.3, 0.4) is 0 Å². The highest BCUT2D eigenvalue weighted by molar-refractivity contribution is 7.98. The van der Waals surface area contributed by atoms with Crippen LogP contribution in [-0.2, 0) is 17.0 Å². The first-order chi connectivity index (χ1) is 13.7. The van der Waals surface area contributed by atoms with Crippen LogP contribution in [0.2, 0.25) is 0 Å². The quantitative estimate of drug-likeness (QED) is 0.560. The standard InChI is InChI=1S/C23H23FN2OS/c1-17-8-10-18(11-9-17)15-28-16-20-14-27-23(25-20)22-7-4-12-26(22)13-19-5-2-3-6-21(19)24/h2-12,20H,13-16H2,1H3. The molecule has 1 aliphatic rings. The molecule has 3 aromatic rings. The second-order valence-electron chi connectivity index (χ2n) is 7.01. The lowest BCUT2D eigenvalue weighted by molar-refractivity contribution is 0.323. The number of aliphatic imine (C=N–C) groups is 1. The number of nitrogens with zero attached hydrogens (tertiary/aromatic N) is 2. The molecule has 2 aromatic carbocycles. The first-order valence-electron chi connectivity index (χ1n) is 9.42. The number of aryl methyl sites for hydroxylation is 1. The molecule has 5 heteroatoms. The Hall–Kier alpha value is -2.53. The van der Waals surface area contributed by atoms with Crippen LogP contribution in [0.4, 0.5) is 4.39 Å². The van der Waals surface area contributed by atoms with Gasteiger partial charge < -0.3 is 9.30 Å². The second-order valence-corrected chi connectivity index (χ2v) is 8.04. The zero-order valence-corrected chi connectivity index (χ0v) is 16.7. The molecule has 144 valence electrons. The summed E-state index contributed by atoms with van der Waals surface area (Å²) in [4.78, 5) is 4.76. The van der Waals surface area contributed by atoms with E-state index in [9.17, 15) is 4.39 Å². The lowest BCUT2D eigenvalue weighted by Gasteiger charge is -2.09. The van der Waals surface area contributed by atoms with E-state index >= 15 is 0 Å². The molecule has 1 atom stereocenters. The Labute approximate surface area is 169 Å². The zero-order valence-electron chi connectivity index (χ0n) is 15.8. The van der Waals surface area contributed by atoms with Crippen molar-refractivity contribution < 1.29 is 9.13 Å². The first-order valence-corrected chi connectivity index (χ1v) is 10.6. The second kappa shape index (κ2) is 8.65. The highest BCUT2D eigenvalue weighted by Crippen LogP contribution is 2.20. The van der Waals surface area contributed by atoms with E-state index in [-0.39, 0.29) is 11.9 Å². The maximum absolute atomic E-state index is 14.0. The molecule has 0 saturated heterocycles. The monoisotopic (exact) mass is 394 g/mol. The van der Waals surface area contributed by atoms with Gasteiger partial charge in [-0.2, -0.15) is 11.8 Å². The molecule has 0 aliphatic carbocycles. The van der Waals surface area contributed by atoms with Crippen molar-refractivity contribution in [3.8, 4) is 0 Å². The fraction of sp³-hybridized carbons (Fsp3) is 0.261. The van der Waals surface area contributed by atoms with Gasteiger partial charge >= 0.3 is 0 Å². The molecule has 4 rings (SSSR count). The van der Waals surface area contributed by atoms with E-state index in [2.05, 4.69) is 31.2 Å². The molecular formula is C23H23FN2OS. The van der Waals surface area contributed by atoms with E-state index in [4.69, 9.17) is 9.73 Å².